The van der Waals surface area contributed by atoms with Crippen molar-refractivity contribution in [1.82, 2.24) is 0 Å². The fourth-order valence-corrected chi connectivity index (χ4v) is 7.37. The Morgan fingerprint density at radius 1 is 0.606 bits per heavy atom. The Morgan fingerprint density at radius 3 is 1.82 bits per heavy atom. The maximum Gasteiger partial charge on any atom is 0.331 e. The van der Waals surface area contributed by atoms with E-state index in [1.165, 1.54) is 30.3 Å². The monoisotopic (exact) mass is 934 g/mol. The largest absolute Gasteiger partial charge is 0.508 e. The molecule has 14 N–H and O–H groups in total. The Morgan fingerprint density at radius 2 is 1.20 bits per heavy atom. The van der Waals surface area contributed by atoms with Crippen LogP contribution in [0.3, 0.4) is 0 Å². The second-order valence-corrected chi connectivity index (χ2v) is 15.4. The molecule has 0 aliphatic carbocycles. The minimum absolute atomic E-state index is 0.0523. The predicted molar refractivity (Wildman–Crippen MR) is 215 cm³/mol. The number of phenols is 4. The van der Waals surface area contributed by atoms with E-state index in [9.17, 15) is 81.1 Å². The van der Waals surface area contributed by atoms with Crippen LogP contribution < -0.4 is 14.9 Å². The molecule has 0 radical (unpaired) electrons. The smallest absolute Gasteiger partial charge is 0.331 e. The first-order valence-corrected chi connectivity index (χ1v) is 20.0. The third-order valence-corrected chi connectivity index (χ3v) is 11.0. The van der Waals surface area contributed by atoms with Crippen LogP contribution in [0.15, 0.2) is 69.9 Å². The Bertz CT molecular complexity index is 2420. The minimum atomic E-state index is -2.14. The molecule has 358 valence electrons. The van der Waals surface area contributed by atoms with Crippen LogP contribution in [0.5, 0.6) is 34.5 Å². The number of hydrogen-bond donors (Lipinski definition) is 14. The number of ether oxygens (including phenoxy) is 7. The minimum Gasteiger partial charge on any atom is -0.508 e. The van der Waals surface area contributed by atoms with Crippen molar-refractivity contribution in [3.8, 4) is 45.8 Å². The number of aliphatic hydroxyl groups excluding tert-OH is 10. The summed E-state index contributed by atoms with van der Waals surface area (Å²) >= 11 is 0. The van der Waals surface area contributed by atoms with Crippen molar-refractivity contribution >= 4 is 23.0 Å². The van der Waals surface area contributed by atoms with E-state index >= 15 is 0 Å². The zero-order valence-corrected chi connectivity index (χ0v) is 34.0. The van der Waals surface area contributed by atoms with Crippen LogP contribution in [-0.4, -0.2) is 189 Å². The summed E-state index contributed by atoms with van der Waals surface area (Å²) in [5.74, 6) is -5.22. The second kappa shape index (κ2) is 20.0. The van der Waals surface area contributed by atoms with Crippen molar-refractivity contribution in [3.05, 3.63) is 76.5 Å². The molecule has 3 aliphatic rings. The zero-order valence-electron chi connectivity index (χ0n) is 34.0. The normalized spacial score (nSPS) is 32.6. The molecule has 3 aromatic carbocycles. The molecule has 0 saturated carbocycles. The van der Waals surface area contributed by atoms with Gasteiger partial charge in [-0.1, -0.05) is 12.1 Å². The van der Waals surface area contributed by atoms with Gasteiger partial charge in [0.25, 0.3) is 0 Å². The van der Waals surface area contributed by atoms with Crippen LogP contribution >= 0.6 is 0 Å². The second-order valence-electron chi connectivity index (χ2n) is 15.4. The Balaban J connectivity index is 1.26. The topological polar surface area (TPSA) is 395 Å². The highest BCUT2D eigenvalue weighted by Gasteiger charge is 2.53. The van der Waals surface area contributed by atoms with Gasteiger partial charge in [0.1, 0.15) is 89.3 Å². The third kappa shape index (κ3) is 9.73. The van der Waals surface area contributed by atoms with E-state index in [1.807, 2.05) is 0 Å². The number of hydrogen-bond acceptors (Lipinski definition) is 24. The number of fused-ring (bicyclic) bond motifs is 1. The maximum absolute atomic E-state index is 14.5. The lowest BCUT2D eigenvalue weighted by atomic mass is 9.97. The number of carbonyl (C=O) groups is 1. The van der Waals surface area contributed by atoms with Gasteiger partial charge in [0.15, 0.2) is 35.8 Å². The third-order valence-electron chi connectivity index (χ3n) is 11.0. The predicted octanol–water partition coefficient (Wildman–Crippen LogP) is -3.27. The summed E-state index contributed by atoms with van der Waals surface area (Å²) < 4.78 is 45.8. The summed E-state index contributed by atoms with van der Waals surface area (Å²) in [4.78, 5) is 27.5. The number of esters is 1. The van der Waals surface area contributed by atoms with Crippen LogP contribution in [0.2, 0.25) is 0 Å². The van der Waals surface area contributed by atoms with E-state index in [0.717, 1.165) is 36.4 Å². The van der Waals surface area contributed by atoms with Crippen molar-refractivity contribution < 1.29 is 114 Å². The van der Waals surface area contributed by atoms with E-state index in [0.29, 0.717) is 5.56 Å². The van der Waals surface area contributed by atoms with Gasteiger partial charge in [-0.3, -0.25) is 4.79 Å². The molecule has 3 aliphatic heterocycles. The Kier molecular flexibility index (Phi) is 14.7. The quantitative estimate of drug-likeness (QED) is 0.0355. The molecule has 4 aromatic rings. The summed E-state index contributed by atoms with van der Waals surface area (Å²) in [5, 5.41) is 146. The first kappa shape index (κ1) is 48.3. The van der Waals surface area contributed by atoms with Gasteiger partial charge >= 0.3 is 5.97 Å². The fraction of sp³-hybridized carbons (Fsp3) is 0.429. The van der Waals surface area contributed by atoms with E-state index in [-0.39, 0.29) is 17.1 Å². The van der Waals surface area contributed by atoms with E-state index in [1.54, 1.807) is 0 Å². The molecule has 0 amide bonds. The van der Waals surface area contributed by atoms with Crippen molar-refractivity contribution in [2.45, 2.75) is 92.1 Å². The SMILES string of the molecule is O=C(C=Cc1ccc(O)cc1)OC1C(OC2C(Oc3c(-c4ccc(O)c(O)c4)oc4cc(OC5OC(CO)C(O)C(O)C5O)cc(O)c4c3=O)OC(CO)C(O)C2O)OC(CO)C(O)C1O. The number of phenolic OH excluding ortho intramolecular Hbond substituents is 4. The molecule has 15 unspecified atom stereocenters. The molecule has 7 rings (SSSR count). The molecule has 4 heterocycles. The van der Waals surface area contributed by atoms with Gasteiger partial charge in [0.2, 0.25) is 23.8 Å². The lowest BCUT2D eigenvalue weighted by Crippen LogP contribution is -2.65. The van der Waals surface area contributed by atoms with Gasteiger partial charge in [0, 0.05) is 23.8 Å². The van der Waals surface area contributed by atoms with Crippen LogP contribution in [0, 0.1) is 0 Å². The van der Waals surface area contributed by atoms with E-state index < -0.39 is 163 Å². The van der Waals surface area contributed by atoms with Gasteiger partial charge in [-0.25, -0.2) is 4.79 Å². The zero-order chi connectivity index (χ0) is 47.7. The van der Waals surface area contributed by atoms with Gasteiger partial charge in [-0.2, -0.15) is 0 Å². The molecule has 3 saturated heterocycles. The van der Waals surface area contributed by atoms with E-state index in [2.05, 4.69) is 0 Å². The molecule has 1 aromatic heterocycles. The van der Waals surface area contributed by atoms with Crippen molar-refractivity contribution in [1.29, 1.82) is 0 Å². The van der Waals surface area contributed by atoms with Gasteiger partial charge in [0.05, 0.1) is 19.8 Å². The summed E-state index contributed by atoms with van der Waals surface area (Å²) in [6.07, 6.45) is -25.9. The number of aliphatic hydroxyl groups is 10. The molecular weight excluding hydrogens is 888 g/mol. The van der Waals surface area contributed by atoms with E-state index in [4.69, 9.17) is 37.6 Å². The summed E-state index contributed by atoms with van der Waals surface area (Å²) in [6, 6.07) is 10.6. The van der Waals surface area contributed by atoms with Crippen molar-refractivity contribution in [3.63, 3.8) is 0 Å². The first-order chi connectivity index (χ1) is 31.4. The lowest BCUT2D eigenvalue weighted by Gasteiger charge is -2.46. The molecule has 3 fully saturated rings. The van der Waals surface area contributed by atoms with Gasteiger partial charge < -0.3 is 109 Å². The molecule has 24 heteroatoms. The fourth-order valence-electron chi connectivity index (χ4n) is 7.37. The van der Waals surface area contributed by atoms with Crippen molar-refractivity contribution in [2.75, 3.05) is 19.8 Å². The highest BCUT2D eigenvalue weighted by molar-refractivity contribution is 5.89. The number of rotatable bonds is 13. The maximum atomic E-state index is 14.5. The summed E-state index contributed by atoms with van der Waals surface area (Å²) in [6.45, 7) is -2.70. The van der Waals surface area contributed by atoms with Crippen LogP contribution in [0.4, 0.5) is 0 Å². The van der Waals surface area contributed by atoms with Crippen molar-refractivity contribution in [2.24, 2.45) is 0 Å². The average Bonchev–Trinajstić information content (AvgIpc) is 3.29. The van der Waals surface area contributed by atoms with Gasteiger partial charge in [-0.05, 0) is 42.0 Å². The highest BCUT2D eigenvalue weighted by Crippen LogP contribution is 2.41. The number of benzene rings is 3. The van der Waals surface area contributed by atoms with Crippen LogP contribution in [-0.2, 0) is 28.5 Å². The molecular formula is C42H46O24. The van der Waals surface area contributed by atoms with Gasteiger partial charge in [-0.15, -0.1) is 0 Å². The standard InChI is InChI=1S/C42H46O24/c43-12-23-28(51)32(55)35(58)40(61-23)59-18-10-21(49)27-22(11-18)60-36(16-4-7-19(47)20(48)9-16)37(31(27)54)65-42-39(34(57)30(53)25(14-45)63-42)66-41-38(33(56)29(52)24(13-44)62-41)64-26(50)8-3-15-1-5-17(46)6-2-15/h1-11,23-25,28-30,32-35,38-49,51-53,55-58H,12-14H2. The van der Waals surface area contributed by atoms with Crippen LogP contribution in [0.25, 0.3) is 28.4 Å². The molecule has 0 bridgehead atoms. The number of carbonyl (C=O) groups excluding carboxylic acids is 1. The summed E-state index contributed by atoms with van der Waals surface area (Å²) in [5.41, 5.74) is -1.45. The average molecular weight is 935 g/mol. The lowest BCUT2D eigenvalue weighted by molar-refractivity contribution is -0.358. The molecule has 24 nitrogen and oxygen atoms in total. The summed E-state index contributed by atoms with van der Waals surface area (Å²) in [7, 11) is 0. The number of aromatic hydroxyl groups is 4. The molecule has 15 atom stereocenters. The Hall–Kier alpha value is -5.68. The highest BCUT2D eigenvalue weighted by atomic mass is 16.8. The first-order valence-electron chi connectivity index (χ1n) is 20.0. The molecule has 0 spiro atoms. The Labute approximate surface area is 370 Å². The molecule has 66 heavy (non-hydrogen) atoms. The van der Waals surface area contributed by atoms with Crippen LogP contribution in [0.1, 0.15) is 5.56 Å².